The summed E-state index contributed by atoms with van der Waals surface area (Å²) < 4.78 is 31.0. The van der Waals surface area contributed by atoms with Gasteiger partial charge in [0.2, 0.25) is 0 Å². The molecule has 32 heavy (non-hydrogen) atoms. The second kappa shape index (κ2) is 18.0. The van der Waals surface area contributed by atoms with Gasteiger partial charge in [-0.25, -0.2) is 0 Å². The largest absolute Gasteiger partial charge is 1.00 e. The molecule has 0 aliphatic heterocycles. The zero-order valence-electron chi connectivity index (χ0n) is 18.6. The van der Waals surface area contributed by atoms with Crippen LogP contribution in [-0.2, 0) is 10.1 Å². The fourth-order valence-electron chi connectivity index (χ4n) is 2.51. The van der Waals surface area contributed by atoms with Crippen molar-refractivity contribution >= 4 is 20.9 Å². The fourth-order valence-corrected chi connectivity index (χ4v) is 3.22. The molecule has 0 aliphatic rings. The van der Waals surface area contributed by atoms with E-state index in [0.29, 0.717) is 18.5 Å². The van der Waals surface area contributed by atoms with E-state index in [0.717, 1.165) is 30.6 Å². The Labute approximate surface area is 213 Å². The Morgan fingerprint density at radius 2 is 1.38 bits per heavy atom. The summed E-state index contributed by atoms with van der Waals surface area (Å²) in [5.74, 6) is 0. The van der Waals surface area contributed by atoms with E-state index < -0.39 is 10.1 Å². The van der Waals surface area contributed by atoms with Crippen LogP contribution < -0.4 is 45.9 Å². The molecular formula is C23H32N3NaO4S. The van der Waals surface area contributed by atoms with E-state index in [1.807, 2.05) is 36.4 Å². The maximum Gasteiger partial charge on any atom is 1.00 e. The minimum atomic E-state index is -4.13. The van der Waals surface area contributed by atoms with Gasteiger partial charge in [-0.2, -0.15) is 33.0 Å². The van der Waals surface area contributed by atoms with E-state index in [1.165, 1.54) is 6.07 Å². The number of fused-ring (bicyclic) bond motifs is 1. The topological polar surface area (TPSA) is 125 Å². The second-order valence-corrected chi connectivity index (χ2v) is 7.84. The molecule has 0 saturated carbocycles. The second-order valence-electron chi connectivity index (χ2n) is 6.45. The maximum atomic E-state index is 11.0. The number of hydrogen-bond donors (Lipinski definition) is 5. The summed E-state index contributed by atoms with van der Waals surface area (Å²) in [6.45, 7) is 7.94. The fraction of sp³-hybridized carbons (Fsp3) is 0.261. The van der Waals surface area contributed by atoms with Crippen molar-refractivity contribution in [2.75, 3.05) is 39.3 Å². The molecule has 3 aromatic carbocycles. The van der Waals surface area contributed by atoms with Crippen molar-refractivity contribution in [2.24, 2.45) is 5.73 Å². The third-order valence-electron chi connectivity index (χ3n) is 3.96. The third-order valence-corrected chi connectivity index (χ3v) is 4.87. The van der Waals surface area contributed by atoms with Gasteiger partial charge in [-0.05, 0) is 11.5 Å². The molecular weight excluding hydrogens is 437 g/mol. The van der Waals surface area contributed by atoms with Gasteiger partial charge in [-0.1, -0.05) is 42.5 Å². The van der Waals surface area contributed by atoms with Crippen LogP contribution in [0.5, 0.6) is 0 Å². The van der Waals surface area contributed by atoms with Gasteiger partial charge < -0.3 is 21.5 Å². The first kappa shape index (κ1) is 30.5. The molecule has 7 nitrogen and oxygen atoms in total. The molecule has 6 N–H and O–H groups in total. The predicted octanol–water partition coefficient (Wildman–Crippen LogP) is -0.924. The number of nitrogens with two attached hydrogens (primary N) is 1. The van der Waals surface area contributed by atoms with Crippen molar-refractivity contribution in [1.29, 1.82) is 0 Å². The van der Waals surface area contributed by atoms with Gasteiger partial charge in [0, 0.05) is 38.1 Å². The Bertz CT molecular complexity index is 960. The van der Waals surface area contributed by atoms with Gasteiger partial charge in [-0.15, -0.1) is 12.1 Å². The van der Waals surface area contributed by atoms with Crippen LogP contribution in [0.3, 0.4) is 0 Å². The normalized spacial score (nSPS) is 10.2. The Hall–Kier alpha value is -1.46. The van der Waals surface area contributed by atoms with Crippen molar-refractivity contribution in [3.8, 4) is 0 Å². The Balaban J connectivity index is 0.000000472. The van der Waals surface area contributed by atoms with Crippen molar-refractivity contribution in [3.05, 3.63) is 85.3 Å². The molecule has 0 atom stereocenters. The molecule has 0 radical (unpaired) electrons. The molecule has 0 aliphatic carbocycles. The predicted molar refractivity (Wildman–Crippen MR) is 127 cm³/mol. The van der Waals surface area contributed by atoms with Crippen LogP contribution in [0.15, 0.2) is 77.7 Å². The van der Waals surface area contributed by atoms with Gasteiger partial charge >= 0.3 is 29.6 Å². The molecule has 0 saturated heterocycles. The van der Waals surface area contributed by atoms with Crippen molar-refractivity contribution in [2.45, 2.75) is 4.90 Å². The molecule has 9 heteroatoms. The standard InChI is InChI=1S/C10H8O3S.C7H7.C6H17N3O.Na/c11-14(12,13)10-7-3-5-8-4-1-2-6-9(8)10;1-7-5-3-2-4-6-7;7-1-2-8-3-4-9-5-6-10;/h1-7H,(H,11,12,13);2-6H,1H2;8-10H,1-7H2;/q;-1;;+1. The molecule has 3 aromatic rings. The van der Waals surface area contributed by atoms with Gasteiger partial charge in [0.1, 0.15) is 4.90 Å². The van der Waals surface area contributed by atoms with E-state index in [9.17, 15) is 8.42 Å². The first-order valence-corrected chi connectivity index (χ1v) is 11.4. The molecule has 0 heterocycles. The van der Waals surface area contributed by atoms with E-state index in [4.69, 9.17) is 15.4 Å². The van der Waals surface area contributed by atoms with Crippen molar-refractivity contribution in [1.82, 2.24) is 10.6 Å². The number of rotatable bonds is 8. The minimum Gasteiger partial charge on any atom is -0.395 e. The quantitative estimate of drug-likeness (QED) is 0.125. The Morgan fingerprint density at radius 3 is 1.91 bits per heavy atom. The van der Waals surface area contributed by atoms with E-state index in [2.05, 4.69) is 17.6 Å². The van der Waals surface area contributed by atoms with Crippen molar-refractivity contribution in [3.63, 3.8) is 0 Å². The van der Waals surface area contributed by atoms with Gasteiger partial charge in [-0.3, -0.25) is 4.55 Å². The summed E-state index contributed by atoms with van der Waals surface area (Å²) >= 11 is 0. The van der Waals surface area contributed by atoms with Crippen molar-refractivity contribution < 1.29 is 47.6 Å². The van der Waals surface area contributed by atoms with Crippen LogP contribution in [0.4, 0.5) is 0 Å². The van der Waals surface area contributed by atoms with E-state index in [-0.39, 0.29) is 41.1 Å². The molecule has 0 amide bonds. The Kier molecular flexibility index (Phi) is 17.2. The van der Waals surface area contributed by atoms with E-state index in [1.54, 1.807) is 30.3 Å². The zero-order valence-corrected chi connectivity index (χ0v) is 21.4. The third kappa shape index (κ3) is 13.2. The molecule has 170 valence electrons. The molecule has 0 aromatic heterocycles. The summed E-state index contributed by atoms with van der Waals surface area (Å²) in [6.07, 6.45) is 0. The molecule has 0 fully saturated rings. The van der Waals surface area contributed by atoms with Gasteiger partial charge in [0.05, 0.1) is 6.61 Å². The smallest absolute Gasteiger partial charge is 0.395 e. The van der Waals surface area contributed by atoms with Gasteiger partial charge in [0.15, 0.2) is 0 Å². The van der Waals surface area contributed by atoms with Crippen LogP contribution in [0, 0.1) is 6.92 Å². The van der Waals surface area contributed by atoms with Crippen LogP contribution in [-0.4, -0.2) is 57.4 Å². The average Bonchev–Trinajstić information content (AvgIpc) is 2.77. The molecule has 0 bridgehead atoms. The Morgan fingerprint density at radius 1 is 0.812 bits per heavy atom. The number of nitrogens with one attached hydrogen (secondary N) is 2. The van der Waals surface area contributed by atoms with E-state index >= 15 is 0 Å². The summed E-state index contributed by atoms with van der Waals surface area (Å²) in [5, 5.41) is 15.9. The first-order valence-electron chi connectivity index (χ1n) is 9.94. The number of benzene rings is 3. The van der Waals surface area contributed by atoms with Crippen LogP contribution in [0.1, 0.15) is 5.56 Å². The zero-order chi connectivity index (χ0) is 23.0. The summed E-state index contributed by atoms with van der Waals surface area (Å²) in [4.78, 5) is -0.0457. The number of aliphatic hydroxyl groups excluding tert-OH is 1. The van der Waals surface area contributed by atoms with Crippen LogP contribution in [0.2, 0.25) is 0 Å². The summed E-state index contributed by atoms with van der Waals surface area (Å²) in [6, 6.07) is 21.7. The number of hydrogen-bond acceptors (Lipinski definition) is 6. The maximum absolute atomic E-state index is 11.0. The molecule has 0 unspecified atom stereocenters. The number of aliphatic hydroxyl groups is 1. The first-order chi connectivity index (χ1) is 14.9. The average molecular weight is 470 g/mol. The minimum absolute atomic E-state index is 0. The van der Waals surface area contributed by atoms with Crippen LogP contribution in [0.25, 0.3) is 10.8 Å². The molecule has 3 rings (SSSR count). The monoisotopic (exact) mass is 469 g/mol. The van der Waals surface area contributed by atoms with Crippen LogP contribution >= 0.6 is 0 Å². The SMILES string of the molecule is NCCNCCNCCO.O=S(=O)(O)c1cccc2ccccc12.[CH2-]c1ccccc1.[Na+]. The molecule has 0 spiro atoms. The summed E-state index contributed by atoms with van der Waals surface area (Å²) in [5.41, 5.74) is 6.32. The summed E-state index contributed by atoms with van der Waals surface area (Å²) in [7, 11) is -4.13. The van der Waals surface area contributed by atoms with Gasteiger partial charge in [0.25, 0.3) is 10.1 Å².